The van der Waals surface area contributed by atoms with E-state index in [2.05, 4.69) is 21.8 Å². The third kappa shape index (κ3) is 5.00. The Bertz CT molecular complexity index is 854. The van der Waals surface area contributed by atoms with Crippen LogP contribution in [0.25, 0.3) is 0 Å². The molecule has 1 aromatic carbocycles. The Morgan fingerprint density at radius 3 is 2.69 bits per heavy atom. The molecule has 2 aliphatic heterocycles. The molecule has 3 heterocycles. The van der Waals surface area contributed by atoms with Crippen molar-refractivity contribution in [3.05, 3.63) is 53.2 Å². The maximum atomic E-state index is 13.1. The monoisotopic (exact) mass is 414 g/mol. The van der Waals surface area contributed by atoms with E-state index in [4.69, 9.17) is 16.3 Å². The average molecular weight is 415 g/mol. The van der Waals surface area contributed by atoms with Crippen molar-refractivity contribution in [2.45, 2.75) is 18.9 Å². The normalized spacial score (nSPS) is 20.6. The molecule has 2 saturated heterocycles. The van der Waals surface area contributed by atoms with Crippen LogP contribution in [0.2, 0.25) is 5.02 Å². The zero-order chi connectivity index (χ0) is 20.2. The first-order valence-electron chi connectivity index (χ1n) is 10.2. The second-order valence-corrected chi connectivity index (χ2v) is 8.20. The van der Waals surface area contributed by atoms with Crippen LogP contribution in [-0.2, 0) is 0 Å². The summed E-state index contributed by atoms with van der Waals surface area (Å²) in [5.41, 5.74) is 0.504. The number of piperazine rings is 1. The van der Waals surface area contributed by atoms with E-state index in [-0.39, 0.29) is 12.0 Å². The molecule has 0 spiro atoms. The summed E-state index contributed by atoms with van der Waals surface area (Å²) in [7, 11) is 2.13. The second-order valence-electron chi connectivity index (χ2n) is 7.76. The Morgan fingerprint density at radius 1 is 1.10 bits per heavy atom. The van der Waals surface area contributed by atoms with Crippen LogP contribution in [0.4, 0.5) is 5.82 Å². The first-order valence-corrected chi connectivity index (χ1v) is 10.6. The highest BCUT2D eigenvalue weighted by molar-refractivity contribution is 6.30. The minimum Gasteiger partial charge on any atom is -0.489 e. The summed E-state index contributed by atoms with van der Waals surface area (Å²) in [4.78, 5) is 24.2. The minimum atomic E-state index is -0.0352. The van der Waals surface area contributed by atoms with Gasteiger partial charge in [-0.3, -0.25) is 4.79 Å². The van der Waals surface area contributed by atoms with Crippen molar-refractivity contribution in [1.82, 2.24) is 14.8 Å². The van der Waals surface area contributed by atoms with E-state index in [9.17, 15) is 4.79 Å². The van der Waals surface area contributed by atoms with Gasteiger partial charge in [-0.2, -0.15) is 0 Å². The van der Waals surface area contributed by atoms with Crippen molar-refractivity contribution in [3.63, 3.8) is 0 Å². The van der Waals surface area contributed by atoms with Gasteiger partial charge in [0.15, 0.2) is 0 Å². The molecular weight excluding hydrogens is 388 g/mol. The number of piperidine rings is 1. The summed E-state index contributed by atoms with van der Waals surface area (Å²) < 4.78 is 6.07. The highest BCUT2D eigenvalue weighted by Gasteiger charge is 2.27. The number of hydrogen-bond acceptors (Lipinski definition) is 5. The van der Waals surface area contributed by atoms with Gasteiger partial charge < -0.3 is 19.4 Å². The fourth-order valence-electron chi connectivity index (χ4n) is 3.87. The number of pyridine rings is 1. The van der Waals surface area contributed by atoms with Gasteiger partial charge in [0.05, 0.1) is 6.54 Å². The molecule has 1 atom stereocenters. The van der Waals surface area contributed by atoms with Gasteiger partial charge in [0.2, 0.25) is 0 Å². The standard InChI is InChI=1S/C22H27ClN4O2/c1-25-11-13-26(14-12-25)21-9-3-8-20(24-21)22(28)27-10-4-7-19(16-27)29-18-6-2-5-17(23)15-18/h2-3,5-6,8-9,15,19H,4,7,10-14,16H2,1H3/t19-/m0/s1. The number of carbonyl (C=O) groups is 1. The van der Waals surface area contributed by atoms with E-state index in [0.29, 0.717) is 17.3 Å². The topological polar surface area (TPSA) is 48.9 Å². The van der Waals surface area contributed by atoms with Gasteiger partial charge in [0, 0.05) is 37.7 Å². The molecule has 0 aliphatic carbocycles. The van der Waals surface area contributed by atoms with E-state index < -0.39 is 0 Å². The van der Waals surface area contributed by atoms with Crippen molar-refractivity contribution < 1.29 is 9.53 Å². The molecule has 6 nitrogen and oxygen atoms in total. The number of likely N-dealkylation sites (tertiary alicyclic amines) is 1. The van der Waals surface area contributed by atoms with E-state index >= 15 is 0 Å². The predicted molar refractivity (Wildman–Crippen MR) is 115 cm³/mol. The van der Waals surface area contributed by atoms with Gasteiger partial charge in [-0.1, -0.05) is 23.7 Å². The number of nitrogens with zero attached hydrogens (tertiary/aromatic N) is 4. The summed E-state index contributed by atoms with van der Waals surface area (Å²) >= 11 is 6.05. The number of ether oxygens (including phenoxy) is 1. The third-order valence-corrected chi connectivity index (χ3v) is 5.78. The molecular formula is C22H27ClN4O2. The molecule has 29 heavy (non-hydrogen) atoms. The molecule has 0 saturated carbocycles. The summed E-state index contributed by atoms with van der Waals surface area (Å²) in [5, 5.41) is 0.649. The predicted octanol–water partition coefficient (Wildman–Crippen LogP) is 3.17. The Kier molecular flexibility index (Phi) is 6.21. The van der Waals surface area contributed by atoms with Crippen molar-refractivity contribution in [3.8, 4) is 5.75 Å². The number of rotatable bonds is 4. The number of likely N-dealkylation sites (N-methyl/N-ethyl adjacent to an activating group) is 1. The number of benzene rings is 1. The number of hydrogen-bond donors (Lipinski definition) is 0. The number of anilines is 1. The average Bonchev–Trinajstić information content (AvgIpc) is 2.74. The molecule has 1 amide bonds. The Morgan fingerprint density at radius 2 is 1.90 bits per heavy atom. The van der Waals surface area contributed by atoms with E-state index in [1.54, 1.807) is 0 Å². The molecule has 4 rings (SSSR count). The lowest BCUT2D eigenvalue weighted by molar-refractivity contribution is 0.0533. The maximum Gasteiger partial charge on any atom is 0.272 e. The zero-order valence-electron chi connectivity index (χ0n) is 16.8. The molecule has 1 aromatic heterocycles. The Balaban J connectivity index is 1.41. The molecule has 2 aromatic rings. The number of amides is 1. The summed E-state index contributed by atoms with van der Waals surface area (Å²) in [6, 6.07) is 13.1. The smallest absolute Gasteiger partial charge is 0.272 e. The van der Waals surface area contributed by atoms with Gasteiger partial charge in [0.25, 0.3) is 5.91 Å². The van der Waals surface area contributed by atoms with Crippen LogP contribution in [0.3, 0.4) is 0 Å². The lowest BCUT2D eigenvalue weighted by Crippen LogP contribution is -2.46. The molecule has 2 aliphatic rings. The van der Waals surface area contributed by atoms with E-state index in [1.165, 1.54) is 0 Å². The van der Waals surface area contributed by atoms with Gasteiger partial charge in [-0.05, 0) is 50.2 Å². The number of aromatic nitrogens is 1. The van der Waals surface area contributed by atoms with E-state index in [1.807, 2.05) is 47.4 Å². The highest BCUT2D eigenvalue weighted by Crippen LogP contribution is 2.23. The molecule has 7 heteroatoms. The molecule has 0 unspecified atom stereocenters. The summed E-state index contributed by atoms with van der Waals surface area (Å²) in [6.45, 7) is 5.17. The van der Waals surface area contributed by atoms with Crippen molar-refractivity contribution >= 4 is 23.3 Å². The van der Waals surface area contributed by atoms with Crippen LogP contribution in [0, 0.1) is 0 Å². The van der Waals surface area contributed by atoms with Crippen molar-refractivity contribution in [2.24, 2.45) is 0 Å². The molecule has 0 radical (unpaired) electrons. The van der Waals surface area contributed by atoms with E-state index in [0.717, 1.165) is 57.1 Å². The first kappa shape index (κ1) is 20.0. The zero-order valence-corrected chi connectivity index (χ0v) is 17.5. The fourth-order valence-corrected chi connectivity index (χ4v) is 4.05. The first-order chi connectivity index (χ1) is 14.1. The van der Waals surface area contributed by atoms with Crippen LogP contribution in [0.5, 0.6) is 5.75 Å². The van der Waals surface area contributed by atoms with Gasteiger partial charge >= 0.3 is 0 Å². The second kappa shape index (κ2) is 9.01. The number of carbonyl (C=O) groups excluding carboxylic acids is 1. The molecule has 0 bridgehead atoms. The molecule has 2 fully saturated rings. The third-order valence-electron chi connectivity index (χ3n) is 5.54. The van der Waals surface area contributed by atoms with Crippen LogP contribution in [-0.4, -0.2) is 73.1 Å². The van der Waals surface area contributed by atoms with Crippen LogP contribution < -0.4 is 9.64 Å². The quantitative estimate of drug-likeness (QED) is 0.769. The largest absolute Gasteiger partial charge is 0.489 e. The van der Waals surface area contributed by atoms with Gasteiger partial charge in [0.1, 0.15) is 23.4 Å². The van der Waals surface area contributed by atoms with Crippen molar-refractivity contribution in [2.75, 3.05) is 51.2 Å². The lowest BCUT2D eigenvalue weighted by atomic mass is 10.1. The highest BCUT2D eigenvalue weighted by atomic mass is 35.5. The SMILES string of the molecule is CN1CCN(c2cccc(C(=O)N3CCC[C@H](Oc4cccc(Cl)c4)C3)n2)CC1. The van der Waals surface area contributed by atoms with Gasteiger partial charge in [-0.25, -0.2) is 4.98 Å². The number of halogens is 1. The van der Waals surface area contributed by atoms with Crippen LogP contribution in [0.1, 0.15) is 23.3 Å². The minimum absolute atomic E-state index is 0.0274. The molecule has 0 N–H and O–H groups in total. The van der Waals surface area contributed by atoms with Crippen LogP contribution in [0.15, 0.2) is 42.5 Å². The molecule has 154 valence electrons. The van der Waals surface area contributed by atoms with Crippen LogP contribution >= 0.6 is 11.6 Å². The lowest BCUT2D eigenvalue weighted by Gasteiger charge is -2.34. The summed E-state index contributed by atoms with van der Waals surface area (Å²) in [5.74, 6) is 1.60. The van der Waals surface area contributed by atoms with Gasteiger partial charge in [-0.15, -0.1) is 0 Å². The Labute approximate surface area is 177 Å². The Hall–Kier alpha value is -2.31. The maximum absolute atomic E-state index is 13.1. The summed E-state index contributed by atoms with van der Waals surface area (Å²) in [6.07, 6.45) is 1.80. The fraction of sp³-hybridized carbons (Fsp3) is 0.455. The van der Waals surface area contributed by atoms with Crippen molar-refractivity contribution in [1.29, 1.82) is 0 Å².